The number of fused-ring (bicyclic) bond motifs is 2. The Labute approximate surface area is 170 Å². The smallest absolute Gasteiger partial charge is 0.141 e. The minimum Gasteiger partial charge on any atom is -0.338 e. The topological polar surface area (TPSA) is 59.4 Å². The van der Waals surface area contributed by atoms with Crippen molar-refractivity contribution in [3.05, 3.63) is 77.3 Å². The summed E-state index contributed by atoms with van der Waals surface area (Å²) in [5, 5.41) is 5.29. The van der Waals surface area contributed by atoms with E-state index < -0.39 is 0 Å². The van der Waals surface area contributed by atoms with E-state index in [1.165, 1.54) is 0 Å². The molecule has 0 atom stereocenters. The molecule has 0 spiro atoms. The molecule has 5 aromatic rings. The van der Waals surface area contributed by atoms with Gasteiger partial charge < -0.3 is 4.98 Å². The molecule has 0 saturated heterocycles. The quantitative estimate of drug-likeness (QED) is 0.409. The molecule has 5 nitrogen and oxygen atoms in total. The third-order valence-corrected chi connectivity index (χ3v) is 5.69. The van der Waals surface area contributed by atoms with Crippen LogP contribution in [0.15, 0.2) is 60.9 Å². The molecular weight excluding hydrogens is 390 g/mol. The lowest BCUT2D eigenvalue weighted by Crippen LogP contribution is -1.98. The Morgan fingerprint density at radius 2 is 1.89 bits per heavy atom. The number of aryl methyl sites for hydroxylation is 1. The molecule has 3 heterocycles. The second-order valence-corrected chi connectivity index (χ2v) is 7.78. The summed E-state index contributed by atoms with van der Waals surface area (Å²) < 4.78 is 2.99. The van der Waals surface area contributed by atoms with Gasteiger partial charge in [0.2, 0.25) is 0 Å². The van der Waals surface area contributed by atoms with Crippen molar-refractivity contribution >= 4 is 55.8 Å². The molecule has 138 valence electrons. The number of thiazole rings is 1. The fourth-order valence-corrected chi connectivity index (χ4v) is 4.28. The van der Waals surface area contributed by atoms with E-state index in [1.54, 1.807) is 11.3 Å². The molecule has 3 aromatic heterocycles. The predicted octanol–water partition coefficient (Wildman–Crippen LogP) is 5.20. The number of para-hydroxylation sites is 3. The molecule has 0 amide bonds. The molecule has 0 aliphatic rings. The number of H-pyrrole nitrogens is 1. The van der Waals surface area contributed by atoms with Crippen molar-refractivity contribution in [2.24, 2.45) is 0 Å². The van der Waals surface area contributed by atoms with Crippen LogP contribution in [0.5, 0.6) is 0 Å². The number of halogens is 1. The molecule has 2 aromatic carbocycles. The maximum atomic E-state index is 5.83. The second kappa shape index (κ2) is 7.22. The SMILES string of the molecule is ClCCn1cc(/C=C(/c2nc3ccccc3[nH]2)c2nc3ccccc3s2)cn1. The van der Waals surface area contributed by atoms with Gasteiger partial charge in [-0.25, -0.2) is 9.97 Å². The van der Waals surface area contributed by atoms with Crippen molar-refractivity contribution in [3.63, 3.8) is 0 Å². The fraction of sp³-hybridized carbons (Fsp3) is 0.0952. The highest BCUT2D eigenvalue weighted by Crippen LogP contribution is 2.32. The van der Waals surface area contributed by atoms with Crippen molar-refractivity contribution in [2.45, 2.75) is 6.54 Å². The van der Waals surface area contributed by atoms with E-state index in [9.17, 15) is 0 Å². The summed E-state index contributed by atoms with van der Waals surface area (Å²) in [6.07, 6.45) is 5.90. The van der Waals surface area contributed by atoms with Crippen LogP contribution in [-0.4, -0.2) is 30.6 Å². The fourth-order valence-electron chi connectivity index (χ4n) is 3.13. The molecule has 1 N–H and O–H groups in total. The van der Waals surface area contributed by atoms with Crippen molar-refractivity contribution in [2.75, 3.05) is 5.88 Å². The Hall–Kier alpha value is -2.96. The van der Waals surface area contributed by atoms with Gasteiger partial charge in [0, 0.05) is 17.6 Å². The highest BCUT2D eigenvalue weighted by Gasteiger charge is 2.15. The van der Waals surface area contributed by atoms with E-state index in [2.05, 4.69) is 22.2 Å². The number of benzene rings is 2. The number of aromatic amines is 1. The van der Waals surface area contributed by atoms with Crippen LogP contribution in [0.25, 0.3) is 32.9 Å². The minimum atomic E-state index is 0.527. The average Bonchev–Trinajstić information content (AvgIpc) is 3.43. The van der Waals surface area contributed by atoms with Gasteiger partial charge >= 0.3 is 0 Å². The number of hydrogen-bond acceptors (Lipinski definition) is 4. The Morgan fingerprint density at radius 3 is 2.71 bits per heavy atom. The number of hydrogen-bond donors (Lipinski definition) is 1. The van der Waals surface area contributed by atoms with Crippen LogP contribution in [0.4, 0.5) is 0 Å². The third kappa shape index (κ3) is 3.21. The van der Waals surface area contributed by atoms with Gasteiger partial charge in [-0.2, -0.15) is 5.10 Å². The highest BCUT2D eigenvalue weighted by molar-refractivity contribution is 7.19. The van der Waals surface area contributed by atoms with Crippen molar-refractivity contribution < 1.29 is 0 Å². The van der Waals surface area contributed by atoms with Gasteiger partial charge in [0.1, 0.15) is 10.8 Å². The average molecular weight is 406 g/mol. The van der Waals surface area contributed by atoms with E-state index >= 15 is 0 Å². The minimum absolute atomic E-state index is 0.527. The summed E-state index contributed by atoms with van der Waals surface area (Å²) >= 11 is 7.49. The second-order valence-electron chi connectivity index (χ2n) is 6.37. The summed E-state index contributed by atoms with van der Waals surface area (Å²) in [4.78, 5) is 13.1. The summed E-state index contributed by atoms with van der Waals surface area (Å²) in [6.45, 7) is 0.677. The Morgan fingerprint density at radius 1 is 1.07 bits per heavy atom. The van der Waals surface area contributed by atoms with Gasteiger partial charge in [-0.05, 0) is 30.3 Å². The van der Waals surface area contributed by atoms with E-state index in [1.807, 2.05) is 59.5 Å². The largest absolute Gasteiger partial charge is 0.338 e. The first-order chi connectivity index (χ1) is 13.8. The summed E-state index contributed by atoms with van der Waals surface area (Å²) in [7, 11) is 0. The van der Waals surface area contributed by atoms with E-state index in [-0.39, 0.29) is 0 Å². The van der Waals surface area contributed by atoms with E-state index in [0.29, 0.717) is 12.4 Å². The van der Waals surface area contributed by atoms with Crippen LogP contribution in [0, 0.1) is 0 Å². The number of nitrogens with one attached hydrogen (secondary N) is 1. The number of rotatable bonds is 5. The lowest BCUT2D eigenvalue weighted by atomic mass is 10.2. The molecule has 0 bridgehead atoms. The van der Waals surface area contributed by atoms with Gasteiger partial charge in [0.15, 0.2) is 0 Å². The Bertz CT molecular complexity index is 1150. The molecule has 0 aliphatic heterocycles. The third-order valence-electron chi connectivity index (χ3n) is 4.45. The van der Waals surface area contributed by atoms with Crippen molar-refractivity contribution in [1.82, 2.24) is 24.7 Å². The standard InChI is InChI=1S/C21H16ClN5S/c22-9-10-27-13-14(12-23-27)11-15(20-24-16-5-1-2-6-17(16)25-20)21-26-18-7-3-4-8-19(18)28-21/h1-8,11-13H,9-10H2,(H,24,25)/b15-11-. The van der Waals surface area contributed by atoms with Crippen molar-refractivity contribution in [1.29, 1.82) is 0 Å². The maximum absolute atomic E-state index is 5.83. The zero-order valence-electron chi connectivity index (χ0n) is 14.8. The van der Waals surface area contributed by atoms with Crippen LogP contribution in [0.3, 0.4) is 0 Å². The highest BCUT2D eigenvalue weighted by atomic mass is 35.5. The number of aromatic nitrogens is 5. The van der Waals surface area contributed by atoms with E-state index in [4.69, 9.17) is 21.6 Å². The zero-order valence-corrected chi connectivity index (χ0v) is 16.4. The maximum Gasteiger partial charge on any atom is 0.141 e. The van der Waals surface area contributed by atoms with Gasteiger partial charge in [-0.3, -0.25) is 4.68 Å². The number of nitrogens with zero attached hydrogens (tertiary/aromatic N) is 4. The van der Waals surface area contributed by atoms with Crippen LogP contribution in [-0.2, 0) is 6.54 Å². The molecule has 0 radical (unpaired) electrons. The molecule has 0 aliphatic carbocycles. The van der Waals surface area contributed by atoms with Gasteiger partial charge in [-0.15, -0.1) is 22.9 Å². The molecule has 5 rings (SSSR count). The molecule has 0 saturated carbocycles. The van der Waals surface area contributed by atoms with Crippen LogP contribution in [0.2, 0.25) is 0 Å². The normalized spacial score (nSPS) is 12.2. The van der Waals surface area contributed by atoms with Crippen LogP contribution >= 0.6 is 22.9 Å². The Balaban J connectivity index is 1.67. The van der Waals surface area contributed by atoms with Crippen molar-refractivity contribution in [3.8, 4) is 0 Å². The predicted molar refractivity (Wildman–Crippen MR) is 116 cm³/mol. The molecule has 7 heteroatoms. The number of alkyl halides is 1. The molecular formula is C21H16ClN5S. The first-order valence-corrected chi connectivity index (χ1v) is 10.3. The van der Waals surface area contributed by atoms with Crippen LogP contribution < -0.4 is 0 Å². The summed E-state index contributed by atoms with van der Waals surface area (Å²) in [6, 6.07) is 16.2. The molecule has 28 heavy (non-hydrogen) atoms. The lowest BCUT2D eigenvalue weighted by molar-refractivity contribution is 0.664. The summed E-state index contributed by atoms with van der Waals surface area (Å²) in [5.41, 5.74) is 4.86. The molecule has 0 unspecified atom stereocenters. The van der Waals surface area contributed by atoms with Gasteiger partial charge in [0.05, 0.1) is 39.6 Å². The Kier molecular flexibility index (Phi) is 4.43. The van der Waals surface area contributed by atoms with E-state index in [0.717, 1.165) is 43.2 Å². The van der Waals surface area contributed by atoms with Gasteiger partial charge in [0.25, 0.3) is 0 Å². The number of imidazole rings is 1. The lowest BCUT2D eigenvalue weighted by Gasteiger charge is -2.00. The first-order valence-electron chi connectivity index (χ1n) is 8.91. The molecule has 0 fully saturated rings. The first kappa shape index (κ1) is 17.2. The van der Waals surface area contributed by atoms with Gasteiger partial charge in [-0.1, -0.05) is 24.3 Å². The zero-order chi connectivity index (χ0) is 18.9. The summed E-state index contributed by atoms with van der Waals surface area (Å²) in [5.74, 6) is 1.32. The van der Waals surface area contributed by atoms with Crippen LogP contribution in [0.1, 0.15) is 16.4 Å². The monoisotopic (exact) mass is 405 g/mol.